The zero-order chi connectivity index (χ0) is 19.6. The molecule has 0 heterocycles. The minimum absolute atomic E-state index is 0.342. The third kappa shape index (κ3) is 3.06. The SMILES string of the molecule is OBOc1ccc2c(-c3ccccc3)c3ccccc3c(-c3ccccc3)c2c1. The lowest BCUT2D eigenvalue weighted by atomic mass is 9.86. The first-order chi connectivity index (χ1) is 14.4. The molecule has 5 aromatic carbocycles. The van der Waals surface area contributed by atoms with Crippen LogP contribution in [0.1, 0.15) is 0 Å². The lowest BCUT2D eigenvalue weighted by molar-refractivity contribution is 0.454. The lowest BCUT2D eigenvalue weighted by Crippen LogP contribution is -2.00. The van der Waals surface area contributed by atoms with Crippen LogP contribution < -0.4 is 4.65 Å². The molecule has 0 atom stereocenters. The quantitative estimate of drug-likeness (QED) is 0.310. The molecule has 0 saturated carbocycles. The van der Waals surface area contributed by atoms with E-state index in [-0.39, 0.29) is 7.69 Å². The number of hydrogen-bond acceptors (Lipinski definition) is 2. The Labute approximate surface area is 170 Å². The molecule has 138 valence electrons. The van der Waals surface area contributed by atoms with E-state index in [9.17, 15) is 5.02 Å². The summed E-state index contributed by atoms with van der Waals surface area (Å²) >= 11 is 0. The minimum Gasteiger partial charge on any atom is -0.539 e. The molecule has 29 heavy (non-hydrogen) atoms. The Kier molecular flexibility index (Phi) is 4.51. The van der Waals surface area contributed by atoms with Crippen molar-refractivity contribution in [2.75, 3.05) is 0 Å². The van der Waals surface area contributed by atoms with E-state index in [4.69, 9.17) is 4.65 Å². The highest BCUT2D eigenvalue weighted by Gasteiger charge is 2.16. The van der Waals surface area contributed by atoms with E-state index in [0.29, 0.717) is 5.75 Å². The van der Waals surface area contributed by atoms with Gasteiger partial charge in [-0.25, -0.2) is 0 Å². The Hall–Kier alpha value is -3.56. The molecule has 0 bridgehead atoms. The van der Waals surface area contributed by atoms with Crippen molar-refractivity contribution in [2.45, 2.75) is 0 Å². The fraction of sp³-hybridized carbons (Fsp3) is 0. The maximum Gasteiger partial charge on any atom is 0.504 e. The molecule has 5 aromatic rings. The number of benzene rings is 5. The predicted octanol–water partition coefficient (Wildman–Crippen LogP) is 5.96. The van der Waals surface area contributed by atoms with Crippen molar-refractivity contribution < 1.29 is 9.68 Å². The van der Waals surface area contributed by atoms with Crippen LogP contribution in [-0.2, 0) is 0 Å². The van der Waals surface area contributed by atoms with Gasteiger partial charge in [0.25, 0.3) is 0 Å². The first kappa shape index (κ1) is 17.5. The van der Waals surface area contributed by atoms with Crippen LogP contribution in [0.2, 0.25) is 0 Å². The summed E-state index contributed by atoms with van der Waals surface area (Å²) in [5, 5.41) is 14.0. The van der Waals surface area contributed by atoms with E-state index < -0.39 is 0 Å². The molecule has 0 unspecified atom stereocenters. The van der Waals surface area contributed by atoms with Gasteiger partial charge in [0.1, 0.15) is 5.75 Å². The topological polar surface area (TPSA) is 29.5 Å². The molecule has 0 fully saturated rings. The van der Waals surface area contributed by atoms with Gasteiger partial charge < -0.3 is 9.68 Å². The van der Waals surface area contributed by atoms with E-state index in [0.717, 1.165) is 10.9 Å². The molecule has 0 aromatic heterocycles. The van der Waals surface area contributed by atoms with Crippen molar-refractivity contribution in [1.82, 2.24) is 0 Å². The van der Waals surface area contributed by atoms with Gasteiger partial charge in [-0.15, -0.1) is 0 Å². The van der Waals surface area contributed by atoms with E-state index in [1.807, 2.05) is 24.3 Å². The van der Waals surface area contributed by atoms with Gasteiger partial charge in [0.15, 0.2) is 0 Å². The molecular formula is C26H19BO2. The normalized spacial score (nSPS) is 10.9. The minimum atomic E-state index is -0.342. The van der Waals surface area contributed by atoms with E-state index in [2.05, 4.69) is 78.9 Å². The maximum atomic E-state index is 9.26. The highest BCUT2D eigenvalue weighted by Crippen LogP contribution is 2.44. The Morgan fingerprint density at radius 1 is 0.517 bits per heavy atom. The Morgan fingerprint density at radius 2 is 1.00 bits per heavy atom. The van der Waals surface area contributed by atoms with E-state index in [1.165, 1.54) is 32.8 Å². The molecule has 5 rings (SSSR count). The zero-order valence-electron chi connectivity index (χ0n) is 15.9. The van der Waals surface area contributed by atoms with Gasteiger partial charge in [-0.3, -0.25) is 0 Å². The maximum absolute atomic E-state index is 9.26. The summed E-state index contributed by atoms with van der Waals surface area (Å²) in [7, 11) is -0.342. The summed E-state index contributed by atoms with van der Waals surface area (Å²) in [5.41, 5.74) is 4.74. The van der Waals surface area contributed by atoms with Crippen molar-refractivity contribution >= 4 is 29.2 Å². The fourth-order valence-corrected chi connectivity index (χ4v) is 4.15. The molecule has 0 spiro atoms. The molecule has 0 amide bonds. The second kappa shape index (κ2) is 7.46. The smallest absolute Gasteiger partial charge is 0.504 e. The number of hydrogen-bond donors (Lipinski definition) is 1. The second-order valence-electron chi connectivity index (χ2n) is 7.01. The summed E-state index contributed by atoms with van der Waals surface area (Å²) in [6.45, 7) is 0. The number of rotatable bonds is 4. The van der Waals surface area contributed by atoms with Crippen molar-refractivity contribution in [3.8, 4) is 28.0 Å². The highest BCUT2D eigenvalue weighted by molar-refractivity contribution is 6.22. The Balaban J connectivity index is 1.98. The summed E-state index contributed by atoms with van der Waals surface area (Å²) in [4.78, 5) is 0. The molecule has 1 N–H and O–H groups in total. The van der Waals surface area contributed by atoms with Crippen LogP contribution in [0.4, 0.5) is 0 Å². The molecule has 0 radical (unpaired) electrons. The zero-order valence-corrected chi connectivity index (χ0v) is 15.9. The average Bonchev–Trinajstić information content (AvgIpc) is 2.79. The second-order valence-corrected chi connectivity index (χ2v) is 7.01. The van der Waals surface area contributed by atoms with Crippen LogP contribution in [-0.4, -0.2) is 12.7 Å². The summed E-state index contributed by atoms with van der Waals surface area (Å²) < 4.78 is 5.42. The molecule has 0 aliphatic rings. The van der Waals surface area contributed by atoms with Gasteiger partial charge >= 0.3 is 7.69 Å². The highest BCUT2D eigenvalue weighted by atomic mass is 16.5. The Bertz CT molecular complexity index is 1300. The monoisotopic (exact) mass is 374 g/mol. The molecule has 0 saturated heterocycles. The van der Waals surface area contributed by atoms with Gasteiger partial charge in [-0.1, -0.05) is 91.0 Å². The third-order valence-corrected chi connectivity index (χ3v) is 5.35. The van der Waals surface area contributed by atoms with E-state index in [1.54, 1.807) is 0 Å². The molecule has 0 aliphatic heterocycles. The predicted molar refractivity (Wildman–Crippen MR) is 122 cm³/mol. The largest absolute Gasteiger partial charge is 0.539 e. The van der Waals surface area contributed by atoms with Crippen molar-refractivity contribution in [3.05, 3.63) is 103 Å². The van der Waals surface area contributed by atoms with Crippen LogP contribution in [0.15, 0.2) is 103 Å². The first-order valence-corrected chi connectivity index (χ1v) is 9.70. The van der Waals surface area contributed by atoms with Gasteiger partial charge in [0.2, 0.25) is 0 Å². The first-order valence-electron chi connectivity index (χ1n) is 9.70. The van der Waals surface area contributed by atoms with Crippen LogP contribution in [0, 0.1) is 0 Å². The van der Waals surface area contributed by atoms with Crippen LogP contribution in [0.25, 0.3) is 43.8 Å². The van der Waals surface area contributed by atoms with Crippen LogP contribution in [0.3, 0.4) is 0 Å². The standard InChI is InChI=1S/C26H19BO2/c28-27-29-20-15-16-23-24(17-20)26(19-11-5-2-6-12-19)22-14-8-7-13-21(22)25(23)18-9-3-1-4-10-18/h1-17,27-28H. The summed E-state index contributed by atoms with van der Waals surface area (Å²) in [6, 6.07) is 35.6. The molecular weight excluding hydrogens is 355 g/mol. The van der Waals surface area contributed by atoms with Crippen molar-refractivity contribution in [2.24, 2.45) is 0 Å². The lowest BCUT2D eigenvalue weighted by Gasteiger charge is -2.18. The van der Waals surface area contributed by atoms with Gasteiger partial charge in [0.05, 0.1) is 0 Å². The number of fused-ring (bicyclic) bond motifs is 2. The van der Waals surface area contributed by atoms with Gasteiger partial charge in [-0.2, -0.15) is 0 Å². The summed E-state index contributed by atoms with van der Waals surface area (Å²) in [5.74, 6) is 0.659. The van der Waals surface area contributed by atoms with Crippen molar-refractivity contribution in [1.29, 1.82) is 0 Å². The molecule has 3 heteroatoms. The molecule has 2 nitrogen and oxygen atoms in total. The van der Waals surface area contributed by atoms with Crippen LogP contribution >= 0.6 is 0 Å². The van der Waals surface area contributed by atoms with Gasteiger partial charge in [-0.05, 0) is 55.9 Å². The summed E-state index contributed by atoms with van der Waals surface area (Å²) in [6.07, 6.45) is 0. The van der Waals surface area contributed by atoms with Gasteiger partial charge in [0, 0.05) is 0 Å². The Morgan fingerprint density at radius 3 is 1.55 bits per heavy atom. The fourth-order valence-electron chi connectivity index (χ4n) is 4.15. The third-order valence-electron chi connectivity index (χ3n) is 5.35. The van der Waals surface area contributed by atoms with Crippen molar-refractivity contribution in [3.63, 3.8) is 0 Å². The van der Waals surface area contributed by atoms with Crippen LogP contribution in [0.5, 0.6) is 5.75 Å². The molecule has 0 aliphatic carbocycles. The van der Waals surface area contributed by atoms with E-state index >= 15 is 0 Å². The average molecular weight is 374 g/mol.